The third-order valence-corrected chi connectivity index (χ3v) is 1.67. The fourth-order valence-corrected chi connectivity index (χ4v) is 1.02. The fraction of sp³-hybridized carbons (Fsp3) is 0.286. The Kier molecular flexibility index (Phi) is 2.67. The Hall–Kier alpha value is -1.07. The fourth-order valence-electron chi connectivity index (χ4n) is 1.02. The number of hydrogen-bond donors (Lipinski definition) is 2. The Morgan fingerprint density at radius 2 is 2.17 bits per heavy atom. The van der Waals surface area contributed by atoms with Gasteiger partial charge >= 0.3 is 7.12 Å². The first-order valence-electron chi connectivity index (χ1n) is 3.52. The summed E-state index contributed by atoms with van der Waals surface area (Å²) >= 11 is 0. The molecule has 12 heavy (non-hydrogen) atoms. The number of rotatable bonds is 2. The van der Waals surface area contributed by atoms with E-state index in [1.165, 1.54) is 13.3 Å². The van der Waals surface area contributed by atoms with Crippen molar-refractivity contribution in [3.8, 4) is 5.88 Å². The van der Waals surface area contributed by atoms with Crippen molar-refractivity contribution in [1.29, 1.82) is 0 Å². The standard InChI is InChI=1S/C7H10BNO3/c1-5-6(8(10)11)3-4-9-7(5)12-2/h3-4,10-11H,1-2H3. The quantitative estimate of drug-likeness (QED) is 0.559. The van der Waals surface area contributed by atoms with Crippen LogP contribution in [0.1, 0.15) is 5.56 Å². The molecule has 0 radical (unpaired) electrons. The van der Waals surface area contributed by atoms with E-state index in [0.717, 1.165) is 0 Å². The van der Waals surface area contributed by atoms with Gasteiger partial charge in [-0.05, 0) is 18.5 Å². The molecule has 0 saturated carbocycles. The van der Waals surface area contributed by atoms with Crippen LogP contribution >= 0.6 is 0 Å². The lowest BCUT2D eigenvalue weighted by molar-refractivity contribution is 0.393. The largest absolute Gasteiger partial charge is 0.488 e. The van der Waals surface area contributed by atoms with E-state index >= 15 is 0 Å². The molecule has 1 heterocycles. The summed E-state index contributed by atoms with van der Waals surface area (Å²) in [6, 6.07) is 1.54. The first-order chi connectivity index (χ1) is 5.66. The molecule has 4 nitrogen and oxygen atoms in total. The average molecular weight is 167 g/mol. The minimum atomic E-state index is -1.47. The van der Waals surface area contributed by atoms with E-state index in [9.17, 15) is 0 Å². The molecule has 0 unspecified atom stereocenters. The van der Waals surface area contributed by atoms with Gasteiger partial charge < -0.3 is 14.8 Å². The van der Waals surface area contributed by atoms with Crippen molar-refractivity contribution in [3.63, 3.8) is 0 Å². The molecular formula is C7H10BNO3. The maximum absolute atomic E-state index is 8.90. The molecular weight excluding hydrogens is 157 g/mol. The summed E-state index contributed by atoms with van der Waals surface area (Å²) in [6.45, 7) is 1.72. The molecule has 1 aromatic heterocycles. The summed E-state index contributed by atoms with van der Waals surface area (Å²) in [7, 11) is 0.0185. The summed E-state index contributed by atoms with van der Waals surface area (Å²) < 4.78 is 4.90. The van der Waals surface area contributed by atoms with Gasteiger partial charge in [-0.1, -0.05) is 0 Å². The smallest absolute Gasteiger partial charge is 0.481 e. The van der Waals surface area contributed by atoms with Gasteiger partial charge in [0.1, 0.15) is 0 Å². The molecule has 0 saturated heterocycles. The number of hydrogen-bond acceptors (Lipinski definition) is 4. The Labute approximate surface area is 71.0 Å². The monoisotopic (exact) mass is 167 g/mol. The molecule has 0 fully saturated rings. The highest BCUT2D eigenvalue weighted by atomic mass is 16.5. The third kappa shape index (κ3) is 1.57. The van der Waals surface area contributed by atoms with Gasteiger partial charge in [-0.3, -0.25) is 0 Å². The van der Waals surface area contributed by atoms with Gasteiger partial charge in [0.2, 0.25) is 5.88 Å². The zero-order valence-corrected chi connectivity index (χ0v) is 6.98. The molecule has 1 aromatic rings. The predicted octanol–water partition coefficient (Wildman–Crippen LogP) is -0.922. The molecule has 0 aliphatic carbocycles. The highest BCUT2D eigenvalue weighted by molar-refractivity contribution is 6.59. The van der Waals surface area contributed by atoms with Gasteiger partial charge in [0.15, 0.2) is 0 Å². The second kappa shape index (κ2) is 3.56. The molecule has 64 valence electrons. The Morgan fingerprint density at radius 1 is 1.50 bits per heavy atom. The van der Waals surface area contributed by atoms with Gasteiger partial charge in [0.05, 0.1) is 7.11 Å². The van der Waals surface area contributed by atoms with Crippen molar-refractivity contribution in [3.05, 3.63) is 17.8 Å². The van der Waals surface area contributed by atoms with E-state index in [2.05, 4.69) is 4.98 Å². The minimum absolute atomic E-state index is 0.417. The van der Waals surface area contributed by atoms with Crippen LogP contribution in [0.15, 0.2) is 12.3 Å². The summed E-state index contributed by atoms with van der Waals surface area (Å²) in [5.74, 6) is 0.417. The van der Waals surface area contributed by atoms with Crippen LogP contribution in [-0.4, -0.2) is 29.3 Å². The van der Waals surface area contributed by atoms with Crippen LogP contribution in [0.4, 0.5) is 0 Å². The van der Waals surface area contributed by atoms with Gasteiger partial charge in [-0.25, -0.2) is 4.98 Å². The van der Waals surface area contributed by atoms with Crippen molar-refractivity contribution in [2.75, 3.05) is 7.11 Å². The SMILES string of the molecule is COc1nccc(B(O)O)c1C. The van der Waals surface area contributed by atoms with E-state index < -0.39 is 7.12 Å². The maximum atomic E-state index is 8.90. The first-order valence-corrected chi connectivity index (χ1v) is 3.52. The predicted molar refractivity (Wildman–Crippen MR) is 45.4 cm³/mol. The van der Waals surface area contributed by atoms with E-state index in [1.807, 2.05) is 0 Å². The summed E-state index contributed by atoms with van der Waals surface area (Å²) in [5, 5.41) is 17.8. The lowest BCUT2D eigenvalue weighted by Gasteiger charge is -2.07. The van der Waals surface area contributed by atoms with E-state index in [0.29, 0.717) is 16.9 Å². The number of methoxy groups -OCH3 is 1. The number of aromatic nitrogens is 1. The Balaban J connectivity index is 3.14. The molecule has 1 rings (SSSR count). The molecule has 5 heteroatoms. The lowest BCUT2D eigenvalue weighted by Crippen LogP contribution is -2.32. The van der Waals surface area contributed by atoms with Gasteiger partial charge in [-0.15, -0.1) is 0 Å². The van der Waals surface area contributed by atoms with Crippen molar-refractivity contribution in [1.82, 2.24) is 4.98 Å². The van der Waals surface area contributed by atoms with Crippen molar-refractivity contribution in [2.45, 2.75) is 6.92 Å². The second-order valence-corrected chi connectivity index (χ2v) is 2.41. The second-order valence-electron chi connectivity index (χ2n) is 2.41. The zero-order valence-electron chi connectivity index (χ0n) is 6.98. The topological polar surface area (TPSA) is 62.6 Å². The first kappa shape index (κ1) is 9.03. The van der Waals surface area contributed by atoms with Gasteiger partial charge in [0, 0.05) is 11.8 Å². The Bertz CT molecular complexity index is 277. The van der Waals surface area contributed by atoms with Crippen LogP contribution in [0.25, 0.3) is 0 Å². The summed E-state index contributed by atoms with van der Waals surface area (Å²) in [5.41, 5.74) is 1.07. The summed E-state index contributed by atoms with van der Waals surface area (Å²) in [4.78, 5) is 3.90. The van der Waals surface area contributed by atoms with Crippen molar-refractivity contribution >= 4 is 12.6 Å². The van der Waals surface area contributed by atoms with Crippen LogP contribution in [0, 0.1) is 6.92 Å². The number of ether oxygens (including phenoxy) is 1. The highest BCUT2D eigenvalue weighted by Crippen LogP contribution is 2.09. The third-order valence-electron chi connectivity index (χ3n) is 1.67. The minimum Gasteiger partial charge on any atom is -0.481 e. The average Bonchev–Trinajstić information content (AvgIpc) is 2.04. The van der Waals surface area contributed by atoms with Gasteiger partial charge in [-0.2, -0.15) is 0 Å². The molecule has 0 bridgehead atoms. The van der Waals surface area contributed by atoms with Gasteiger partial charge in [0.25, 0.3) is 0 Å². The normalized spacial score (nSPS) is 9.67. The maximum Gasteiger partial charge on any atom is 0.488 e. The zero-order chi connectivity index (χ0) is 9.14. The molecule has 0 aromatic carbocycles. The van der Waals surface area contributed by atoms with Crippen LogP contribution in [0.2, 0.25) is 0 Å². The van der Waals surface area contributed by atoms with E-state index in [4.69, 9.17) is 14.8 Å². The van der Waals surface area contributed by atoms with Crippen molar-refractivity contribution in [2.24, 2.45) is 0 Å². The van der Waals surface area contributed by atoms with E-state index in [1.54, 1.807) is 13.0 Å². The van der Waals surface area contributed by atoms with Crippen molar-refractivity contribution < 1.29 is 14.8 Å². The molecule has 0 spiro atoms. The number of nitrogens with zero attached hydrogens (tertiary/aromatic N) is 1. The molecule has 0 aliphatic heterocycles. The lowest BCUT2D eigenvalue weighted by atomic mass is 9.78. The van der Waals surface area contributed by atoms with E-state index in [-0.39, 0.29) is 0 Å². The summed E-state index contributed by atoms with van der Waals surface area (Å²) in [6.07, 6.45) is 1.47. The molecule has 2 N–H and O–H groups in total. The van der Waals surface area contributed by atoms with Crippen LogP contribution in [-0.2, 0) is 0 Å². The Morgan fingerprint density at radius 3 is 2.67 bits per heavy atom. The van der Waals surface area contributed by atoms with Crippen LogP contribution < -0.4 is 10.2 Å². The van der Waals surface area contributed by atoms with Crippen LogP contribution in [0.5, 0.6) is 5.88 Å². The number of pyridine rings is 1. The molecule has 0 aliphatic rings. The highest BCUT2D eigenvalue weighted by Gasteiger charge is 2.16. The van der Waals surface area contributed by atoms with Crippen LogP contribution in [0.3, 0.4) is 0 Å². The molecule has 0 atom stereocenters. The molecule has 0 amide bonds.